The highest BCUT2D eigenvalue weighted by Crippen LogP contribution is 2.12. The van der Waals surface area contributed by atoms with Gasteiger partial charge in [-0.15, -0.1) is 10.2 Å². The maximum atomic E-state index is 12.2. The highest BCUT2D eigenvalue weighted by molar-refractivity contribution is 5.95. The highest BCUT2D eigenvalue weighted by atomic mass is 16.5. The van der Waals surface area contributed by atoms with Gasteiger partial charge in [0.25, 0.3) is 5.91 Å². The summed E-state index contributed by atoms with van der Waals surface area (Å²) in [5.74, 6) is -0.435. The molecule has 3 aromatic heterocycles. The Morgan fingerprint density at radius 3 is 2.67 bits per heavy atom. The molecular formula is C14H13N7O3. The molecule has 0 aliphatic rings. The quantitative estimate of drug-likeness (QED) is 0.657. The molecule has 3 rings (SSSR count). The molecule has 10 nitrogen and oxygen atoms in total. The van der Waals surface area contributed by atoms with E-state index >= 15 is 0 Å². The zero-order chi connectivity index (χ0) is 17.1. The number of amides is 1. The first-order chi connectivity index (χ1) is 11.6. The van der Waals surface area contributed by atoms with Crippen LogP contribution in [0.25, 0.3) is 17.3 Å². The Labute approximate surface area is 135 Å². The molecule has 1 atom stereocenters. The minimum absolute atomic E-state index is 0.0928. The van der Waals surface area contributed by atoms with E-state index in [0.29, 0.717) is 17.3 Å². The predicted octanol–water partition coefficient (Wildman–Crippen LogP) is -0.127. The molecule has 24 heavy (non-hydrogen) atoms. The summed E-state index contributed by atoms with van der Waals surface area (Å²) in [4.78, 5) is 31.8. The molecule has 0 saturated carbocycles. The van der Waals surface area contributed by atoms with E-state index in [1.54, 1.807) is 24.5 Å². The third-order valence-electron chi connectivity index (χ3n) is 3.16. The van der Waals surface area contributed by atoms with Gasteiger partial charge in [-0.25, -0.2) is 14.8 Å². The van der Waals surface area contributed by atoms with Crippen LogP contribution in [0.4, 0.5) is 0 Å². The van der Waals surface area contributed by atoms with Gasteiger partial charge in [0.15, 0.2) is 11.5 Å². The molecule has 0 radical (unpaired) electrons. The number of aromatic nitrogens is 6. The Morgan fingerprint density at radius 2 is 1.96 bits per heavy atom. The molecule has 0 unspecified atom stereocenters. The van der Waals surface area contributed by atoms with E-state index in [9.17, 15) is 9.59 Å². The molecule has 0 bridgehead atoms. The molecule has 3 aromatic rings. The summed E-state index contributed by atoms with van der Waals surface area (Å²) in [6.45, 7) is 1.52. The number of esters is 1. The summed E-state index contributed by atoms with van der Waals surface area (Å²) in [5.41, 5.74) is 0.533. The number of rotatable bonds is 4. The number of hydrogen-bond donors (Lipinski definition) is 1. The summed E-state index contributed by atoms with van der Waals surface area (Å²) < 4.78 is 5.94. The van der Waals surface area contributed by atoms with Crippen molar-refractivity contribution in [3.63, 3.8) is 0 Å². The van der Waals surface area contributed by atoms with Gasteiger partial charge in [0, 0.05) is 12.4 Å². The molecule has 0 saturated heterocycles. The summed E-state index contributed by atoms with van der Waals surface area (Å²) in [7, 11) is 1.25. The Morgan fingerprint density at radius 1 is 1.21 bits per heavy atom. The summed E-state index contributed by atoms with van der Waals surface area (Å²) in [6.07, 6.45) is 3.13. The van der Waals surface area contributed by atoms with Crippen LogP contribution in [0.3, 0.4) is 0 Å². The molecule has 1 amide bonds. The lowest BCUT2D eigenvalue weighted by molar-refractivity contribution is -0.142. The van der Waals surface area contributed by atoms with E-state index in [-0.39, 0.29) is 5.69 Å². The largest absolute Gasteiger partial charge is 0.467 e. The van der Waals surface area contributed by atoms with E-state index in [2.05, 4.69) is 35.3 Å². The van der Waals surface area contributed by atoms with Crippen molar-refractivity contribution in [2.45, 2.75) is 13.0 Å². The van der Waals surface area contributed by atoms with Crippen molar-refractivity contribution in [2.75, 3.05) is 7.11 Å². The van der Waals surface area contributed by atoms with E-state index in [1.807, 2.05) is 0 Å². The lowest BCUT2D eigenvalue weighted by Gasteiger charge is -2.11. The molecule has 0 aliphatic carbocycles. The second kappa shape index (κ2) is 6.36. The molecule has 0 aliphatic heterocycles. The number of ether oxygens (including phenoxy) is 1. The van der Waals surface area contributed by atoms with E-state index in [0.717, 1.165) is 0 Å². The van der Waals surface area contributed by atoms with Gasteiger partial charge >= 0.3 is 5.97 Å². The summed E-state index contributed by atoms with van der Waals surface area (Å²) >= 11 is 0. The van der Waals surface area contributed by atoms with Crippen LogP contribution in [0.2, 0.25) is 0 Å². The number of fused-ring (bicyclic) bond motifs is 1. The Hall–Kier alpha value is -3.43. The van der Waals surface area contributed by atoms with Crippen LogP contribution in [0.1, 0.15) is 17.4 Å². The van der Waals surface area contributed by atoms with Gasteiger partial charge in [0.05, 0.1) is 7.11 Å². The van der Waals surface area contributed by atoms with Gasteiger partial charge in [-0.2, -0.15) is 9.61 Å². The molecule has 0 spiro atoms. The predicted molar refractivity (Wildman–Crippen MR) is 80.8 cm³/mol. The Balaban J connectivity index is 1.93. The number of nitrogens with one attached hydrogen (secondary N) is 1. The number of hydrogen-bond acceptors (Lipinski definition) is 8. The van der Waals surface area contributed by atoms with Crippen LogP contribution in [0.15, 0.2) is 30.6 Å². The molecular weight excluding hydrogens is 314 g/mol. The SMILES string of the molecule is COC(=O)[C@@H](C)NC(=O)c1ccc2nnc(-c3ncccn3)n2n1. The second-order valence-corrected chi connectivity index (χ2v) is 4.80. The second-order valence-electron chi connectivity index (χ2n) is 4.80. The third-order valence-corrected chi connectivity index (χ3v) is 3.16. The van der Waals surface area contributed by atoms with Crippen LogP contribution in [0, 0.1) is 0 Å². The van der Waals surface area contributed by atoms with E-state index < -0.39 is 17.9 Å². The fourth-order valence-electron chi connectivity index (χ4n) is 1.97. The molecule has 3 heterocycles. The monoisotopic (exact) mass is 327 g/mol. The lowest BCUT2D eigenvalue weighted by Crippen LogP contribution is -2.39. The molecule has 122 valence electrons. The fraction of sp³-hybridized carbons (Fsp3) is 0.214. The van der Waals surface area contributed by atoms with Crippen molar-refractivity contribution < 1.29 is 14.3 Å². The zero-order valence-electron chi connectivity index (χ0n) is 12.9. The van der Waals surface area contributed by atoms with Crippen molar-refractivity contribution in [3.8, 4) is 11.6 Å². The Bertz CT molecular complexity index is 894. The highest BCUT2D eigenvalue weighted by Gasteiger charge is 2.19. The van der Waals surface area contributed by atoms with Crippen molar-refractivity contribution in [1.82, 2.24) is 35.1 Å². The molecule has 0 aromatic carbocycles. The number of nitrogens with zero attached hydrogens (tertiary/aromatic N) is 6. The topological polar surface area (TPSA) is 124 Å². The maximum Gasteiger partial charge on any atom is 0.328 e. The average Bonchev–Trinajstić information content (AvgIpc) is 3.04. The third kappa shape index (κ3) is 2.89. The van der Waals surface area contributed by atoms with Crippen molar-refractivity contribution in [1.29, 1.82) is 0 Å². The summed E-state index contributed by atoms with van der Waals surface area (Å²) in [5, 5.41) is 14.6. The summed E-state index contributed by atoms with van der Waals surface area (Å²) in [6, 6.07) is 3.95. The molecule has 1 N–H and O–H groups in total. The van der Waals surface area contributed by atoms with Gasteiger partial charge < -0.3 is 10.1 Å². The van der Waals surface area contributed by atoms with Gasteiger partial charge in [-0.1, -0.05) is 0 Å². The fourth-order valence-corrected chi connectivity index (χ4v) is 1.97. The van der Waals surface area contributed by atoms with Crippen LogP contribution in [-0.2, 0) is 9.53 Å². The minimum Gasteiger partial charge on any atom is -0.467 e. The number of carbonyl (C=O) groups excluding carboxylic acids is 2. The van der Waals surface area contributed by atoms with Crippen molar-refractivity contribution in [3.05, 3.63) is 36.3 Å². The zero-order valence-corrected chi connectivity index (χ0v) is 12.9. The Kier molecular flexibility index (Phi) is 4.10. The van der Waals surface area contributed by atoms with Crippen LogP contribution in [0.5, 0.6) is 0 Å². The average molecular weight is 327 g/mol. The first kappa shape index (κ1) is 15.5. The van der Waals surface area contributed by atoms with Crippen molar-refractivity contribution in [2.24, 2.45) is 0 Å². The van der Waals surface area contributed by atoms with E-state index in [1.165, 1.54) is 24.6 Å². The van der Waals surface area contributed by atoms with E-state index in [4.69, 9.17) is 0 Å². The number of carbonyl (C=O) groups is 2. The molecule has 0 fully saturated rings. The normalized spacial score (nSPS) is 11.9. The van der Waals surface area contributed by atoms with Gasteiger partial charge in [-0.3, -0.25) is 4.79 Å². The van der Waals surface area contributed by atoms with Gasteiger partial charge in [0.1, 0.15) is 11.7 Å². The minimum atomic E-state index is -0.794. The standard InChI is InChI=1S/C14H13N7O3/c1-8(14(23)24-2)17-13(22)9-4-5-10-18-19-12(21(10)20-9)11-15-6-3-7-16-11/h3-8H,1-2H3,(H,17,22)/t8-/m1/s1. The number of methoxy groups -OCH3 is 1. The first-order valence-corrected chi connectivity index (χ1v) is 6.98. The van der Waals surface area contributed by atoms with Crippen LogP contribution in [-0.4, -0.2) is 54.8 Å². The molecule has 10 heteroatoms. The maximum absolute atomic E-state index is 12.2. The first-order valence-electron chi connectivity index (χ1n) is 6.98. The van der Waals surface area contributed by atoms with Gasteiger partial charge in [0.2, 0.25) is 5.82 Å². The van der Waals surface area contributed by atoms with Crippen molar-refractivity contribution >= 4 is 17.5 Å². The van der Waals surface area contributed by atoms with Crippen LogP contribution < -0.4 is 5.32 Å². The smallest absolute Gasteiger partial charge is 0.328 e. The van der Waals surface area contributed by atoms with Crippen LogP contribution >= 0.6 is 0 Å². The lowest BCUT2D eigenvalue weighted by atomic mass is 10.3. The van der Waals surface area contributed by atoms with Gasteiger partial charge in [-0.05, 0) is 25.1 Å².